The van der Waals surface area contributed by atoms with E-state index in [0.717, 1.165) is 19.3 Å². The van der Waals surface area contributed by atoms with Crippen molar-refractivity contribution >= 4 is 22.6 Å². The summed E-state index contributed by atoms with van der Waals surface area (Å²) >= 11 is 0. The van der Waals surface area contributed by atoms with E-state index >= 15 is 0 Å². The van der Waals surface area contributed by atoms with Crippen LogP contribution in [0.25, 0.3) is 16.9 Å². The fraction of sp³-hybridized carbons (Fsp3) is 0.409. The minimum absolute atomic E-state index is 0.243. The van der Waals surface area contributed by atoms with Gasteiger partial charge in [0.05, 0.1) is 35.2 Å². The van der Waals surface area contributed by atoms with Crippen LogP contribution in [0, 0.1) is 11.3 Å². The van der Waals surface area contributed by atoms with Crippen molar-refractivity contribution in [3.05, 3.63) is 41.9 Å². The number of rotatable bonds is 7. The first kappa shape index (κ1) is 21.6. The normalized spacial score (nSPS) is 15.1. The van der Waals surface area contributed by atoms with E-state index in [1.807, 2.05) is 6.07 Å². The Hall–Kier alpha value is -3.58. The zero-order valence-electron chi connectivity index (χ0n) is 17.8. The molecule has 0 aliphatic heterocycles. The lowest BCUT2D eigenvalue weighted by molar-refractivity contribution is -0.00177. The monoisotopic (exact) mass is 437 g/mol. The van der Waals surface area contributed by atoms with Crippen molar-refractivity contribution in [2.24, 2.45) is 0 Å². The molecule has 1 fully saturated rings. The number of fused-ring (bicyclic) bond motifs is 1. The molecule has 9 nitrogen and oxygen atoms in total. The summed E-state index contributed by atoms with van der Waals surface area (Å²) in [5.74, 6) is -0.0321. The Morgan fingerprint density at radius 3 is 2.78 bits per heavy atom. The molecule has 3 aromatic heterocycles. The largest absolute Gasteiger partial charge is 0.387 e. The first-order valence-corrected chi connectivity index (χ1v) is 10.4. The molecule has 1 unspecified atom stereocenters. The summed E-state index contributed by atoms with van der Waals surface area (Å²) in [5.41, 5.74) is 0.255. The molecule has 1 amide bonds. The Bertz CT molecular complexity index is 1190. The van der Waals surface area contributed by atoms with Gasteiger partial charge in [-0.1, -0.05) is 0 Å². The molecule has 166 valence electrons. The maximum absolute atomic E-state index is 14.1. The molecule has 0 bridgehead atoms. The Kier molecular flexibility index (Phi) is 5.76. The van der Waals surface area contributed by atoms with Gasteiger partial charge in [0, 0.05) is 29.9 Å². The Labute approximate surface area is 184 Å². The fourth-order valence-electron chi connectivity index (χ4n) is 3.31. The van der Waals surface area contributed by atoms with Crippen molar-refractivity contribution < 1.29 is 14.3 Å². The number of pyridine rings is 2. The van der Waals surface area contributed by atoms with Gasteiger partial charge in [-0.25, -0.2) is 14.4 Å². The van der Waals surface area contributed by atoms with E-state index < -0.39 is 17.7 Å². The average molecular weight is 437 g/mol. The number of amides is 1. The highest BCUT2D eigenvalue weighted by molar-refractivity contribution is 5.99. The standard InChI is InChI=1S/C22H24FN7O2/c1-22(2,32)18(23)12-27-21(31)16-11-25-19(7-17(16)29-15-4-3-5-15)30-20-14(10-28-30)6-13(8-24)9-26-20/h6-7,9-11,15,18,32H,3-5,12H2,1-2H3,(H,25,29)(H,27,31). The number of nitriles is 1. The summed E-state index contributed by atoms with van der Waals surface area (Å²) in [6.07, 6.45) is 5.97. The number of aliphatic hydroxyl groups is 1. The van der Waals surface area contributed by atoms with Gasteiger partial charge in [-0.2, -0.15) is 15.0 Å². The van der Waals surface area contributed by atoms with Crippen LogP contribution in [-0.4, -0.2) is 55.1 Å². The summed E-state index contributed by atoms with van der Waals surface area (Å²) < 4.78 is 15.6. The van der Waals surface area contributed by atoms with Gasteiger partial charge in [-0.05, 0) is 39.2 Å². The van der Waals surface area contributed by atoms with Crippen LogP contribution < -0.4 is 10.6 Å². The first-order valence-electron chi connectivity index (χ1n) is 10.4. The molecule has 0 saturated heterocycles. The molecule has 0 aromatic carbocycles. The second-order valence-corrected chi connectivity index (χ2v) is 8.50. The zero-order valence-corrected chi connectivity index (χ0v) is 17.8. The minimum atomic E-state index is -1.61. The average Bonchev–Trinajstić information content (AvgIpc) is 3.16. The molecule has 10 heteroatoms. The quantitative estimate of drug-likeness (QED) is 0.518. The summed E-state index contributed by atoms with van der Waals surface area (Å²) in [5, 5.41) is 29.7. The number of hydrogen-bond donors (Lipinski definition) is 3. The molecular weight excluding hydrogens is 413 g/mol. The van der Waals surface area contributed by atoms with E-state index in [1.54, 1.807) is 18.3 Å². The third-order valence-electron chi connectivity index (χ3n) is 5.56. The van der Waals surface area contributed by atoms with Crippen molar-refractivity contribution in [2.45, 2.75) is 50.9 Å². The van der Waals surface area contributed by atoms with Gasteiger partial charge in [0.15, 0.2) is 11.5 Å². The Morgan fingerprint density at radius 1 is 1.34 bits per heavy atom. The third-order valence-corrected chi connectivity index (χ3v) is 5.56. The van der Waals surface area contributed by atoms with E-state index in [4.69, 9.17) is 5.26 Å². The van der Waals surface area contributed by atoms with Crippen LogP contribution in [0.2, 0.25) is 0 Å². The number of carbonyl (C=O) groups is 1. The molecule has 1 aliphatic rings. The molecule has 1 aliphatic carbocycles. The van der Waals surface area contributed by atoms with Gasteiger partial charge in [0.2, 0.25) is 0 Å². The minimum Gasteiger partial charge on any atom is -0.387 e. The van der Waals surface area contributed by atoms with E-state index in [2.05, 4.69) is 25.7 Å². The van der Waals surface area contributed by atoms with Crippen LogP contribution in [0.5, 0.6) is 0 Å². The lowest BCUT2D eigenvalue weighted by Crippen LogP contribution is -2.42. The van der Waals surface area contributed by atoms with Crippen molar-refractivity contribution in [1.82, 2.24) is 25.1 Å². The molecule has 0 spiro atoms. The van der Waals surface area contributed by atoms with Crippen LogP contribution in [-0.2, 0) is 0 Å². The number of carbonyl (C=O) groups excluding carboxylic acids is 1. The van der Waals surface area contributed by atoms with Crippen molar-refractivity contribution in [1.29, 1.82) is 5.26 Å². The van der Waals surface area contributed by atoms with E-state index in [9.17, 15) is 14.3 Å². The number of alkyl halides is 1. The summed E-state index contributed by atoms with van der Waals surface area (Å²) in [7, 11) is 0. The topological polar surface area (TPSA) is 129 Å². The van der Waals surface area contributed by atoms with E-state index in [-0.39, 0.29) is 18.2 Å². The molecular formula is C22H24FN7O2. The van der Waals surface area contributed by atoms with Gasteiger partial charge < -0.3 is 15.7 Å². The molecule has 3 aromatic rings. The van der Waals surface area contributed by atoms with Crippen molar-refractivity contribution in [3.8, 4) is 11.9 Å². The number of hydrogen-bond acceptors (Lipinski definition) is 7. The molecule has 32 heavy (non-hydrogen) atoms. The fourth-order valence-corrected chi connectivity index (χ4v) is 3.31. The van der Waals surface area contributed by atoms with Gasteiger partial charge in [0.25, 0.3) is 5.91 Å². The van der Waals surface area contributed by atoms with Gasteiger partial charge >= 0.3 is 0 Å². The number of halogens is 1. The second-order valence-electron chi connectivity index (χ2n) is 8.50. The first-order chi connectivity index (χ1) is 15.3. The van der Waals surface area contributed by atoms with E-state index in [1.165, 1.54) is 30.9 Å². The second kappa shape index (κ2) is 8.51. The lowest BCUT2D eigenvalue weighted by atomic mass is 9.92. The van der Waals surface area contributed by atoms with Crippen LogP contribution >= 0.6 is 0 Å². The molecule has 3 heterocycles. The Balaban J connectivity index is 1.64. The predicted octanol–water partition coefficient (Wildman–Crippen LogP) is 2.49. The van der Waals surface area contributed by atoms with Crippen LogP contribution in [0.4, 0.5) is 10.1 Å². The van der Waals surface area contributed by atoms with Gasteiger partial charge in [0.1, 0.15) is 12.2 Å². The molecule has 0 radical (unpaired) electrons. The number of aromatic nitrogens is 4. The number of nitrogens with zero attached hydrogens (tertiary/aromatic N) is 5. The van der Waals surface area contributed by atoms with Crippen LogP contribution in [0.1, 0.15) is 49.0 Å². The van der Waals surface area contributed by atoms with Crippen molar-refractivity contribution in [3.63, 3.8) is 0 Å². The third kappa shape index (κ3) is 4.38. The SMILES string of the molecule is CC(C)(O)C(F)CNC(=O)c1cnc(-n2ncc3cc(C#N)cnc32)cc1NC1CCC1. The molecule has 1 saturated carbocycles. The number of nitrogens with one attached hydrogen (secondary N) is 2. The predicted molar refractivity (Wildman–Crippen MR) is 116 cm³/mol. The highest BCUT2D eigenvalue weighted by Crippen LogP contribution is 2.27. The zero-order chi connectivity index (χ0) is 22.9. The number of anilines is 1. The molecule has 3 N–H and O–H groups in total. The lowest BCUT2D eigenvalue weighted by Gasteiger charge is -2.28. The smallest absolute Gasteiger partial charge is 0.255 e. The van der Waals surface area contributed by atoms with Gasteiger partial charge in [-0.15, -0.1) is 0 Å². The van der Waals surface area contributed by atoms with Crippen LogP contribution in [0.15, 0.2) is 30.7 Å². The summed E-state index contributed by atoms with van der Waals surface area (Å²) in [6.45, 7) is 2.39. The highest BCUT2D eigenvalue weighted by Gasteiger charge is 2.28. The molecule has 1 atom stereocenters. The van der Waals surface area contributed by atoms with Crippen LogP contribution in [0.3, 0.4) is 0 Å². The maximum Gasteiger partial charge on any atom is 0.255 e. The molecule has 4 rings (SSSR count). The Morgan fingerprint density at radius 2 is 2.12 bits per heavy atom. The van der Waals surface area contributed by atoms with Crippen molar-refractivity contribution in [2.75, 3.05) is 11.9 Å². The summed E-state index contributed by atoms with van der Waals surface area (Å²) in [4.78, 5) is 21.4. The summed E-state index contributed by atoms with van der Waals surface area (Å²) in [6, 6.07) is 5.69. The van der Waals surface area contributed by atoms with Gasteiger partial charge in [-0.3, -0.25) is 4.79 Å². The maximum atomic E-state index is 14.1. The highest BCUT2D eigenvalue weighted by atomic mass is 19.1. The van der Waals surface area contributed by atoms with E-state index in [0.29, 0.717) is 28.1 Å².